The molecule has 0 aromatic carbocycles. The first-order valence-electron chi connectivity index (χ1n) is 12.2. The maximum absolute atomic E-state index is 4.81. The molecule has 4 heterocycles. The smallest absolute Gasteiger partial charge is 0.140 e. The molecule has 0 bridgehead atoms. The first-order chi connectivity index (χ1) is 14.7. The molecule has 1 saturated carbocycles. The molecule has 2 saturated heterocycles. The third-order valence-electron chi connectivity index (χ3n) is 7.97. The van der Waals surface area contributed by atoms with Gasteiger partial charge in [0.25, 0.3) is 0 Å². The van der Waals surface area contributed by atoms with Crippen LogP contribution < -0.4 is 0 Å². The number of hydrogen-bond donors (Lipinski definition) is 0. The standard InChI is InChI=1S/C26H38N4/c1-20(2)21-5-7-23(8-6-21)29-16-10-24(11-17-29)30-18-12-25-22(9-13-27-26(25)30)19-28-14-3-4-15-28/h9,12-13,18,23-24H,3-8,10-11,14-17,19H2,1-2H3. The van der Waals surface area contributed by atoms with E-state index in [9.17, 15) is 0 Å². The molecule has 0 spiro atoms. The minimum Gasteiger partial charge on any atom is -0.329 e. The summed E-state index contributed by atoms with van der Waals surface area (Å²) in [6.45, 7) is 10.6. The van der Waals surface area contributed by atoms with Crippen LogP contribution in [0, 0.1) is 0 Å². The van der Waals surface area contributed by atoms with Gasteiger partial charge in [-0.25, -0.2) is 4.98 Å². The summed E-state index contributed by atoms with van der Waals surface area (Å²) in [5, 5.41) is 1.37. The van der Waals surface area contributed by atoms with Crippen LogP contribution >= 0.6 is 0 Å². The number of hydrogen-bond acceptors (Lipinski definition) is 3. The lowest BCUT2D eigenvalue weighted by Gasteiger charge is -2.40. The summed E-state index contributed by atoms with van der Waals surface area (Å²) in [5.74, 6) is 0. The molecule has 30 heavy (non-hydrogen) atoms. The van der Waals surface area contributed by atoms with E-state index in [1.807, 2.05) is 6.20 Å². The number of fused-ring (bicyclic) bond motifs is 1. The maximum atomic E-state index is 4.81. The Kier molecular flexibility index (Phi) is 5.97. The summed E-state index contributed by atoms with van der Waals surface area (Å²) in [6.07, 6.45) is 14.9. The van der Waals surface area contributed by atoms with Crippen molar-refractivity contribution in [3.63, 3.8) is 0 Å². The Balaban J connectivity index is 1.24. The number of likely N-dealkylation sites (tertiary alicyclic amines) is 2. The first-order valence-corrected chi connectivity index (χ1v) is 12.2. The molecule has 0 atom stereocenters. The van der Waals surface area contributed by atoms with E-state index in [4.69, 9.17) is 4.98 Å². The van der Waals surface area contributed by atoms with Crippen LogP contribution in [0.15, 0.2) is 35.7 Å². The van der Waals surface area contributed by atoms with E-state index in [1.54, 1.807) is 11.1 Å². The largest absolute Gasteiger partial charge is 0.329 e. The van der Waals surface area contributed by atoms with Gasteiger partial charge in [-0.2, -0.15) is 0 Å². The van der Waals surface area contributed by atoms with Crippen molar-refractivity contribution >= 4 is 11.0 Å². The second-order valence-corrected chi connectivity index (χ2v) is 10.0. The van der Waals surface area contributed by atoms with Gasteiger partial charge in [0, 0.05) is 49.5 Å². The van der Waals surface area contributed by atoms with Crippen molar-refractivity contribution in [2.45, 2.75) is 83.8 Å². The molecular formula is C26H38N4. The lowest BCUT2D eigenvalue weighted by atomic mass is 9.86. The van der Waals surface area contributed by atoms with Crippen molar-refractivity contribution in [3.05, 3.63) is 41.2 Å². The van der Waals surface area contributed by atoms with Gasteiger partial charge in [0.05, 0.1) is 0 Å². The Morgan fingerprint density at radius 2 is 1.67 bits per heavy atom. The van der Waals surface area contributed by atoms with Gasteiger partial charge < -0.3 is 9.47 Å². The minimum absolute atomic E-state index is 0.602. The molecule has 0 radical (unpaired) electrons. The highest BCUT2D eigenvalue weighted by Gasteiger charge is 2.28. The molecule has 2 aliphatic heterocycles. The van der Waals surface area contributed by atoms with E-state index in [2.05, 4.69) is 46.5 Å². The summed E-state index contributed by atoms with van der Waals surface area (Å²) in [6, 6.07) is 5.96. The monoisotopic (exact) mass is 406 g/mol. The zero-order chi connectivity index (χ0) is 20.5. The molecule has 3 fully saturated rings. The van der Waals surface area contributed by atoms with Crippen LogP contribution in [0.3, 0.4) is 0 Å². The molecule has 0 N–H and O–H groups in total. The topological polar surface area (TPSA) is 24.3 Å². The highest BCUT2D eigenvalue weighted by atomic mass is 15.2. The van der Waals surface area contributed by atoms with Crippen LogP contribution in [-0.2, 0) is 6.54 Å². The number of pyridine rings is 1. The van der Waals surface area contributed by atoms with E-state index in [1.165, 1.54) is 94.1 Å². The van der Waals surface area contributed by atoms with Gasteiger partial charge in [-0.15, -0.1) is 0 Å². The molecule has 5 rings (SSSR count). The molecule has 2 aromatic heterocycles. The summed E-state index contributed by atoms with van der Waals surface area (Å²) < 4.78 is 2.49. The third-order valence-corrected chi connectivity index (χ3v) is 7.97. The Morgan fingerprint density at radius 1 is 0.933 bits per heavy atom. The van der Waals surface area contributed by atoms with Gasteiger partial charge in [0.1, 0.15) is 5.65 Å². The van der Waals surface area contributed by atoms with E-state index in [-0.39, 0.29) is 0 Å². The molecular weight excluding hydrogens is 368 g/mol. The van der Waals surface area contributed by atoms with Crippen molar-refractivity contribution in [2.24, 2.45) is 0 Å². The fourth-order valence-electron chi connectivity index (χ4n) is 6.07. The minimum atomic E-state index is 0.602. The van der Waals surface area contributed by atoms with Crippen LogP contribution in [0.1, 0.15) is 76.8 Å². The van der Waals surface area contributed by atoms with Crippen molar-refractivity contribution in [2.75, 3.05) is 26.2 Å². The molecule has 2 aromatic rings. The first kappa shape index (κ1) is 20.3. The van der Waals surface area contributed by atoms with Crippen molar-refractivity contribution < 1.29 is 0 Å². The van der Waals surface area contributed by atoms with E-state index in [0.717, 1.165) is 12.6 Å². The average Bonchev–Trinajstić information content (AvgIpc) is 3.44. The summed E-state index contributed by atoms with van der Waals surface area (Å²) in [7, 11) is 0. The van der Waals surface area contributed by atoms with Crippen molar-refractivity contribution in [1.29, 1.82) is 0 Å². The molecule has 1 aliphatic carbocycles. The fraction of sp³-hybridized carbons (Fsp3) is 0.654. The fourth-order valence-corrected chi connectivity index (χ4v) is 6.07. The van der Waals surface area contributed by atoms with Crippen molar-refractivity contribution in [1.82, 2.24) is 19.4 Å². The second-order valence-electron chi connectivity index (χ2n) is 10.0. The Morgan fingerprint density at radius 3 is 2.37 bits per heavy atom. The van der Waals surface area contributed by atoms with Crippen LogP contribution in [0.25, 0.3) is 11.0 Å². The Hall–Kier alpha value is -1.65. The van der Waals surface area contributed by atoms with E-state index < -0.39 is 0 Å². The summed E-state index contributed by atoms with van der Waals surface area (Å²) in [5.41, 5.74) is 5.94. The van der Waals surface area contributed by atoms with Crippen LogP contribution in [0.2, 0.25) is 0 Å². The lowest BCUT2D eigenvalue weighted by Crippen LogP contribution is -2.42. The molecule has 0 unspecified atom stereocenters. The van der Waals surface area contributed by atoms with E-state index in [0.29, 0.717) is 6.04 Å². The predicted molar refractivity (Wildman–Crippen MR) is 125 cm³/mol. The van der Waals surface area contributed by atoms with Gasteiger partial charge in [-0.1, -0.05) is 11.1 Å². The van der Waals surface area contributed by atoms with Crippen molar-refractivity contribution in [3.8, 4) is 0 Å². The normalized spacial score (nSPS) is 24.7. The molecule has 3 aliphatic rings. The number of piperidine rings is 1. The number of allylic oxidation sites excluding steroid dienone is 2. The summed E-state index contributed by atoms with van der Waals surface area (Å²) in [4.78, 5) is 10.2. The highest BCUT2D eigenvalue weighted by Crippen LogP contribution is 2.34. The van der Waals surface area contributed by atoms with Crippen LogP contribution in [0.5, 0.6) is 0 Å². The van der Waals surface area contributed by atoms with Gasteiger partial charge >= 0.3 is 0 Å². The SMILES string of the molecule is CC(C)=C1CCC(N2CCC(n3ccc4c(CN5CCCC5)ccnc43)CC2)CC1. The van der Waals surface area contributed by atoms with Crippen LogP contribution in [0.4, 0.5) is 0 Å². The van der Waals surface area contributed by atoms with E-state index >= 15 is 0 Å². The zero-order valence-electron chi connectivity index (χ0n) is 18.9. The van der Waals surface area contributed by atoms with Crippen LogP contribution in [-0.4, -0.2) is 51.6 Å². The number of nitrogens with zero attached hydrogens (tertiary/aromatic N) is 4. The van der Waals surface area contributed by atoms with Gasteiger partial charge in [-0.05, 0) is 96.0 Å². The number of rotatable bonds is 4. The Labute approximate surface area is 181 Å². The quantitative estimate of drug-likeness (QED) is 0.622. The lowest BCUT2D eigenvalue weighted by molar-refractivity contribution is 0.117. The highest BCUT2D eigenvalue weighted by molar-refractivity contribution is 5.80. The zero-order valence-corrected chi connectivity index (χ0v) is 18.9. The molecule has 4 heteroatoms. The third kappa shape index (κ3) is 4.09. The molecule has 162 valence electrons. The second kappa shape index (κ2) is 8.84. The van der Waals surface area contributed by atoms with Gasteiger partial charge in [-0.3, -0.25) is 4.90 Å². The molecule has 4 nitrogen and oxygen atoms in total. The average molecular weight is 407 g/mol. The number of aromatic nitrogens is 2. The predicted octanol–water partition coefficient (Wildman–Crippen LogP) is 5.55. The van der Waals surface area contributed by atoms with Gasteiger partial charge in [0.15, 0.2) is 0 Å². The molecule has 0 amide bonds. The maximum Gasteiger partial charge on any atom is 0.140 e. The van der Waals surface area contributed by atoms with Gasteiger partial charge in [0.2, 0.25) is 0 Å². The Bertz CT molecular complexity index is 883. The summed E-state index contributed by atoms with van der Waals surface area (Å²) >= 11 is 0.